The molecule has 156 valence electrons. The van der Waals surface area contributed by atoms with Gasteiger partial charge in [-0.25, -0.2) is 12.7 Å². The number of hydrogen-bond donors (Lipinski definition) is 2. The lowest BCUT2D eigenvalue weighted by atomic mass is 10.1. The van der Waals surface area contributed by atoms with Crippen LogP contribution in [0.1, 0.15) is 12.5 Å². The summed E-state index contributed by atoms with van der Waals surface area (Å²) in [5.41, 5.74) is 1.11. The number of nitrogens with one attached hydrogen (secondary N) is 2. The van der Waals surface area contributed by atoms with Gasteiger partial charge < -0.3 is 15.2 Å². The van der Waals surface area contributed by atoms with Crippen LogP contribution in [0, 0.1) is 0 Å². The van der Waals surface area contributed by atoms with Gasteiger partial charge in [-0.1, -0.05) is 25.1 Å². The lowest BCUT2D eigenvalue weighted by Crippen LogP contribution is -2.37. The molecule has 2 rings (SSSR count). The first kappa shape index (κ1) is 22.3. The molecule has 0 unspecified atom stereocenters. The minimum atomic E-state index is -3.74. The van der Waals surface area contributed by atoms with E-state index in [0.717, 1.165) is 33.1 Å². The summed E-state index contributed by atoms with van der Waals surface area (Å²) >= 11 is 0. The van der Waals surface area contributed by atoms with Crippen LogP contribution in [0.5, 0.6) is 0 Å². The highest BCUT2D eigenvalue weighted by atomic mass is 32.2. The number of para-hydroxylation sites is 1. The second-order valence-corrected chi connectivity index (χ2v) is 8.61. The van der Waals surface area contributed by atoms with Crippen molar-refractivity contribution in [2.45, 2.75) is 24.8 Å². The zero-order valence-corrected chi connectivity index (χ0v) is 17.3. The minimum absolute atomic E-state index is 0.108. The second-order valence-electron chi connectivity index (χ2n) is 6.45. The molecule has 1 heterocycles. The Bertz CT molecular complexity index is 1060. The van der Waals surface area contributed by atoms with E-state index in [1.807, 2.05) is 19.1 Å². The van der Waals surface area contributed by atoms with Gasteiger partial charge in [-0.05, 0) is 24.1 Å². The first-order valence-electron chi connectivity index (χ1n) is 8.92. The number of rotatable bonds is 8. The molecule has 0 atom stereocenters. The van der Waals surface area contributed by atoms with Gasteiger partial charge in [0.15, 0.2) is 0 Å². The summed E-state index contributed by atoms with van der Waals surface area (Å²) in [7, 11) is -1.01. The Labute approximate surface area is 169 Å². The number of benzene rings is 1. The number of aryl methyl sites for hydroxylation is 1. The molecule has 0 aliphatic heterocycles. The third kappa shape index (κ3) is 5.75. The van der Waals surface area contributed by atoms with E-state index in [1.54, 1.807) is 12.1 Å². The first-order chi connectivity index (χ1) is 13.6. The maximum Gasteiger partial charge on any atom is 0.251 e. The second kappa shape index (κ2) is 9.48. The van der Waals surface area contributed by atoms with Gasteiger partial charge >= 0.3 is 0 Å². The number of carbonyl (C=O) groups is 2. The van der Waals surface area contributed by atoms with E-state index in [4.69, 9.17) is 0 Å². The Balaban J connectivity index is 2.01. The Morgan fingerprint density at radius 1 is 1.07 bits per heavy atom. The Morgan fingerprint density at radius 3 is 2.41 bits per heavy atom. The zero-order valence-electron chi connectivity index (χ0n) is 16.5. The number of anilines is 1. The smallest absolute Gasteiger partial charge is 0.251 e. The zero-order chi connectivity index (χ0) is 21.6. The summed E-state index contributed by atoms with van der Waals surface area (Å²) in [5.74, 6) is -0.999. The van der Waals surface area contributed by atoms with Crippen LogP contribution in [0.2, 0.25) is 0 Å². The van der Waals surface area contributed by atoms with Crippen LogP contribution < -0.4 is 16.2 Å². The third-order valence-corrected chi connectivity index (χ3v) is 5.97. The number of aromatic nitrogens is 1. The molecule has 0 aliphatic rings. The molecule has 10 heteroatoms. The molecule has 0 bridgehead atoms. The third-order valence-electron chi connectivity index (χ3n) is 4.17. The van der Waals surface area contributed by atoms with Crippen molar-refractivity contribution in [1.82, 2.24) is 14.2 Å². The van der Waals surface area contributed by atoms with Gasteiger partial charge in [-0.2, -0.15) is 0 Å². The SMILES string of the molecule is CCc1ccccc1NC(=O)CNC(=O)Cn1cc(S(=O)(=O)N(C)C)ccc1=O. The summed E-state index contributed by atoms with van der Waals surface area (Å²) in [6.07, 6.45) is 1.85. The van der Waals surface area contributed by atoms with Crippen LogP contribution in [0.25, 0.3) is 0 Å². The predicted octanol–water partition coefficient (Wildman–Crippen LogP) is 0.416. The highest BCUT2D eigenvalue weighted by Crippen LogP contribution is 2.15. The first-order valence-corrected chi connectivity index (χ1v) is 10.4. The highest BCUT2D eigenvalue weighted by molar-refractivity contribution is 7.89. The van der Waals surface area contributed by atoms with Gasteiger partial charge in [0.05, 0.1) is 11.4 Å². The van der Waals surface area contributed by atoms with Gasteiger partial charge in [-0.3, -0.25) is 14.4 Å². The molecule has 2 aromatic rings. The topological polar surface area (TPSA) is 118 Å². The molecule has 2 amide bonds. The maximum absolute atomic E-state index is 12.2. The Kier molecular flexibility index (Phi) is 7.29. The fourth-order valence-corrected chi connectivity index (χ4v) is 3.45. The average Bonchev–Trinajstić information content (AvgIpc) is 2.68. The van der Waals surface area contributed by atoms with E-state index in [9.17, 15) is 22.8 Å². The number of pyridine rings is 1. The number of amides is 2. The highest BCUT2D eigenvalue weighted by Gasteiger charge is 2.18. The molecular formula is C19H24N4O5S. The fraction of sp³-hybridized carbons (Fsp3) is 0.316. The quantitative estimate of drug-likeness (QED) is 0.642. The summed E-state index contributed by atoms with van der Waals surface area (Å²) in [5, 5.41) is 5.15. The van der Waals surface area contributed by atoms with Crippen molar-refractivity contribution >= 4 is 27.5 Å². The van der Waals surface area contributed by atoms with Crippen LogP contribution in [-0.2, 0) is 32.6 Å². The van der Waals surface area contributed by atoms with Crippen molar-refractivity contribution in [2.75, 3.05) is 26.0 Å². The van der Waals surface area contributed by atoms with Crippen LogP contribution >= 0.6 is 0 Å². The van der Waals surface area contributed by atoms with Crippen LogP contribution in [0.15, 0.2) is 52.3 Å². The molecule has 0 fully saturated rings. The molecular weight excluding hydrogens is 396 g/mol. The Morgan fingerprint density at radius 2 is 1.76 bits per heavy atom. The van der Waals surface area contributed by atoms with Crippen LogP contribution in [-0.4, -0.2) is 49.7 Å². The summed E-state index contributed by atoms with van der Waals surface area (Å²) in [4.78, 5) is 36.1. The molecule has 1 aromatic carbocycles. The molecule has 0 aliphatic carbocycles. The average molecular weight is 420 g/mol. The van der Waals surface area contributed by atoms with E-state index >= 15 is 0 Å². The van der Waals surface area contributed by atoms with Crippen LogP contribution in [0.4, 0.5) is 5.69 Å². The Hall–Kier alpha value is -2.98. The standard InChI is InChI=1S/C19H24N4O5S/c1-4-14-7-5-6-8-16(14)21-17(24)11-20-18(25)13-23-12-15(9-10-19(23)26)29(27,28)22(2)3/h5-10,12H,4,11,13H2,1-3H3,(H,20,25)(H,21,24). The summed E-state index contributed by atoms with van der Waals surface area (Å²) < 4.78 is 26.4. The van der Waals surface area contributed by atoms with E-state index in [0.29, 0.717) is 5.69 Å². The number of nitrogens with zero attached hydrogens (tertiary/aromatic N) is 2. The maximum atomic E-state index is 12.2. The molecule has 0 saturated carbocycles. The fourth-order valence-electron chi connectivity index (χ4n) is 2.53. The summed E-state index contributed by atoms with van der Waals surface area (Å²) in [6, 6.07) is 9.61. The molecule has 1 aromatic heterocycles. The van der Waals surface area contributed by atoms with Crippen molar-refractivity contribution in [1.29, 1.82) is 0 Å². The van der Waals surface area contributed by atoms with E-state index in [2.05, 4.69) is 10.6 Å². The molecule has 0 saturated heterocycles. The van der Waals surface area contributed by atoms with Crippen molar-refractivity contribution < 1.29 is 18.0 Å². The van der Waals surface area contributed by atoms with E-state index in [-0.39, 0.29) is 11.4 Å². The van der Waals surface area contributed by atoms with Gasteiger partial charge in [0.25, 0.3) is 5.56 Å². The molecule has 0 radical (unpaired) electrons. The van der Waals surface area contributed by atoms with E-state index in [1.165, 1.54) is 20.2 Å². The van der Waals surface area contributed by atoms with Gasteiger partial charge in [0.2, 0.25) is 21.8 Å². The largest absolute Gasteiger partial charge is 0.345 e. The number of sulfonamides is 1. The number of carbonyl (C=O) groups excluding carboxylic acids is 2. The lowest BCUT2D eigenvalue weighted by Gasteiger charge is -2.13. The van der Waals surface area contributed by atoms with Crippen molar-refractivity contribution in [3.05, 3.63) is 58.5 Å². The van der Waals surface area contributed by atoms with Crippen molar-refractivity contribution in [2.24, 2.45) is 0 Å². The van der Waals surface area contributed by atoms with Crippen molar-refractivity contribution in [3.8, 4) is 0 Å². The monoisotopic (exact) mass is 420 g/mol. The predicted molar refractivity (Wildman–Crippen MR) is 109 cm³/mol. The lowest BCUT2D eigenvalue weighted by molar-refractivity contribution is -0.124. The minimum Gasteiger partial charge on any atom is -0.345 e. The van der Waals surface area contributed by atoms with E-state index < -0.39 is 33.9 Å². The van der Waals surface area contributed by atoms with Crippen molar-refractivity contribution in [3.63, 3.8) is 0 Å². The molecule has 2 N–H and O–H groups in total. The summed E-state index contributed by atoms with van der Waals surface area (Å²) in [6.45, 7) is 1.28. The van der Waals surface area contributed by atoms with Crippen LogP contribution in [0.3, 0.4) is 0 Å². The molecule has 29 heavy (non-hydrogen) atoms. The normalized spacial score (nSPS) is 11.3. The number of hydrogen-bond acceptors (Lipinski definition) is 5. The molecule has 0 spiro atoms. The van der Waals surface area contributed by atoms with Gasteiger partial charge in [0, 0.05) is 32.0 Å². The molecule has 9 nitrogen and oxygen atoms in total. The van der Waals surface area contributed by atoms with Gasteiger partial charge in [0.1, 0.15) is 6.54 Å². The van der Waals surface area contributed by atoms with Gasteiger partial charge in [-0.15, -0.1) is 0 Å².